The van der Waals surface area contributed by atoms with Crippen LogP contribution in [0.4, 0.5) is 0 Å². The summed E-state index contributed by atoms with van der Waals surface area (Å²) < 4.78 is 23.6. The fourth-order valence-corrected chi connectivity index (χ4v) is 3.76. The first-order valence-electron chi connectivity index (χ1n) is 5.73. The van der Waals surface area contributed by atoms with Gasteiger partial charge in [0, 0.05) is 12.7 Å². The van der Waals surface area contributed by atoms with Crippen LogP contribution in [-0.2, 0) is 19.4 Å². The lowest BCUT2D eigenvalue weighted by Crippen LogP contribution is -2.13. The van der Waals surface area contributed by atoms with Crippen LogP contribution < -0.4 is 0 Å². The van der Waals surface area contributed by atoms with Crippen molar-refractivity contribution in [3.05, 3.63) is 23.2 Å². The molecule has 0 saturated carbocycles. The second kappa shape index (κ2) is 5.74. The molecular formula is C12H11NO5S3. The number of carboxylic acids is 1. The van der Waals surface area contributed by atoms with Gasteiger partial charge in [-0.25, -0.2) is 13.4 Å². The number of benzene rings is 1. The van der Waals surface area contributed by atoms with E-state index < -0.39 is 26.8 Å². The molecule has 0 saturated heterocycles. The first-order chi connectivity index (χ1) is 9.68. The SMILES string of the molecule is CS(=O)(=O)c1ccc2nc(C(CC(=O)S)C(=O)O)sc2c1. The summed E-state index contributed by atoms with van der Waals surface area (Å²) in [7, 11) is -3.34. The summed E-state index contributed by atoms with van der Waals surface area (Å²) in [6.07, 6.45) is 0.826. The molecule has 2 rings (SSSR count). The van der Waals surface area contributed by atoms with E-state index in [1.807, 2.05) is 0 Å². The van der Waals surface area contributed by atoms with Gasteiger partial charge in [0.25, 0.3) is 0 Å². The molecule has 0 amide bonds. The summed E-state index contributed by atoms with van der Waals surface area (Å²) in [4.78, 5) is 26.6. The highest BCUT2D eigenvalue weighted by molar-refractivity contribution is 7.96. The number of rotatable bonds is 5. The molecule has 0 aliphatic rings. The number of nitrogens with zero attached hydrogens (tertiary/aromatic N) is 1. The number of thiol groups is 1. The van der Waals surface area contributed by atoms with Crippen molar-refractivity contribution in [2.24, 2.45) is 0 Å². The highest BCUT2D eigenvalue weighted by Gasteiger charge is 2.26. The van der Waals surface area contributed by atoms with E-state index >= 15 is 0 Å². The molecule has 1 unspecified atom stereocenters. The third-order valence-electron chi connectivity index (χ3n) is 2.78. The molecular weight excluding hydrogens is 334 g/mol. The Labute approximate surface area is 130 Å². The second-order valence-corrected chi connectivity index (χ2v) is 8.02. The van der Waals surface area contributed by atoms with E-state index in [0.29, 0.717) is 10.2 Å². The lowest BCUT2D eigenvalue weighted by molar-refractivity contribution is -0.139. The highest BCUT2D eigenvalue weighted by atomic mass is 32.2. The maximum atomic E-state index is 11.5. The lowest BCUT2D eigenvalue weighted by Gasteiger charge is -2.05. The number of carbonyl (C=O) groups excluding carboxylic acids is 1. The van der Waals surface area contributed by atoms with Gasteiger partial charge in [0.1, 0.15) is 10.9 Å². The minimum absolute atomic E-state index is 0.141. The van der Waals surface area contributed by atoms with E-state index in [4.69, 9.17) is 5.11 Å². The summed E-state index contributed by atoms with van der Waals surface area (Å²) >= 11 is 4.66. The topological polar surface area (TPSA) is 101 Å². The molecule has 1 N–H and O–H groups in total. The van der Waals surface area contributed by atoms with E-state index in [9.17, 15) is 18.0 Å². The molecule has 0 fully saturated rings. The van der Waals surface area contributed by atoms with Crippen molar-refractivity contribution in [1.82, 2.24) is 4.98 Å². The van der Waals surface area contributed by atoms with Crippen LogP contribution in [0.1, 0.15) is 17.3 Å². The van der Waals surface area contributed by atoms with Gasteiger partial charge in [-0.1, -0.05) is 0 Å². The maximum absolute atomic E-state index is 11.5. The van der Waals surface area contributed by atoms with Gasteiger partial charge >= 0.3 is 5.97 Å². The second-order valence-electron chi connectivity index (χ2n) is 4.44. The number of hydrogen-bond donors (Lipinski definition) is 2. The molecule has 0 aliphatic heterocycles. The van der Waals surface area contributed by atoms with Crippen molar-refractivity contribution in [3.8, 4) is 0 Å². The normalized spacial score (nSPS) is 13.2. The Balaban J connectivity index is 2.51. The molecule has 9 heteroatoms. The Morgan fingerprint density at radius 2 is 2.10 bits per heavy atom. The van der Waals surface area contributed by atoms with Crippen molar-refractivity contribution in [2.75, 3.05) is 6.26 Å². The number of aliphatic carboxylic acids is 1. The van der Waals surface area contributed by atoms with Gasteiger partial charge in [-0.2, -0.15) is 0 Å². The fourth-order valence-electron chi connectivity index (χ4n) is 1.76. The average Bonchev–Trinajstić information content (AvgIpc) is 2.76. The van der Waals surface area contributed by atoms with Crippen LogP contribution in [0.25, 0.3) is 10.2 Å². The van der Waals surface area contributed by atoms with E-state index in [1.165, 1.54) is 18.2 Å². The molecule has 112 valence electrons. The van der Waals surface area contributed by atoms with E-state index in [-0.39, 0.29) is 16.3 Å². The Kier molecular flexibility index (Phi) is 4.35. The number of thiazole rings is 1. The first-order valence-corrected chi connectivity index (χ1v) is 8.89. The number of fused-ring (bicyclic) bond motifs is 1. The molecule has 0 aliphatic carbocycles. The minimum atomic E-state index is -3.34. The van der Waals surface area contributed by atoms with E-state index in [1.54, 1.807) is 0 Å². The molecule has 1 heterocycles. The number of hydrogen-bond acceptors (Lipinski definition) is 6. The monoisotopic (exact) mass is 345 g/mol. The van der Waals surface area contributed by atoms with Gasteiger partial charge in [0.15, 0.2) is 15.0 Å². The van der Waals surface area contributed by atoms with E-state index in [2.05, 4.69) is 17.6 Å². The molecule has 6 nitrogen and oxygen atoms in total. The number of sulfone groups is 1. The van der Waals surface area contributed by atoms with Gasteiger partial charge in [0.2, 0.25) is 0 Å². The highest BCUT2D eigenvalue weighted by Crippen LogP contribution is 2.31. The van der Waals surface area contributed by atoms with Gasteiger partial charge in [-0.15, -0.1) is 24.0 Å². The number of carbonyl (C=O) groups is 2. The Morgan fingerprint density at radius 3 is 2.62 bits per heavy atom. The van der Waals surface area contributed by atoms with Crippen molar-refractivity contribution in [2.45, 2.75) is 17.2 Å². The fraction of sp³-hybridized carbons (Fsp3) is 0.250. The molecule has 1 aromatic carbocycles. The predicted octanol–water partition coefficient (Wildman–Crippen LogP) is 1.71. The Morgan fingerprint density at radius 1 is 1.43 bits per heavy atom. The van der Waals surface area contributed by atoms with Gasteiger partial charge in [-0.05, 0) is 18.2 Å². The third-order valence-corrected chi connectivity index (χ3v) is 5.20. The van der Waals surface area contributed by atoms with Crippen molar-refractivity contribution >= 4 is 55.1 Å². The molecule has 1 atom stereocenters. The Hall–Kier alpha value is -1.45. The lowest BCUT2D eigenvalue weighted by atomic mass is 10.1. The molecule has 21 heavy (non-hydrogen) atoms. The largest absolute Gasteiger partial charge is 0.481 e. The van der Waals surface area contributed by atoms with Crippen LogP contribution in [0.5, 0.6) is 0 Å². The summed E-state index contributed by atoms with van der Waals surface area (Å²) in [6, 6.07) is 4.39. The quantitative estimate of drug-likeness (QED) is 0.800. The summed E-state index contributed by atoms with van der Waals surface area (Å²) in [5.74, 6) is -2.24. The van der Waals surface area contributed by atoms with Crippen LogP contribution in [0, 0.1) is 0 Å². The van der Waals surface area contributed by atoms with Crippen LogP contribution in [0.3, 0.4) is 0 Å². The van der Waals surface area contributed by atoms with Crippen LogP contribution in [-0.4, -0.2) is 35.8 Å². The van der Waals surface area contributed by atoms with E-state index in [0.717, 1.165) is 17.6 Å². The third kappa shape index (κ3) is 3.60. The number of carboxylic acid groups (broad SMARTS) is 1. The summed E-state index contributed by atoms with van der Waals surface area (Å²) in [6.45, 7) is 0. The minimum Gasteiger partial charge on any atom is -0.481 e. The van der Waals surface area contributed by atoms with Gasteiger partial charge in [-0.3, -0.25) is 9.59 Å². The molecule has 2 aromatic rings. The summed E-state index contributed by atoms with van der Waals surface area (Å²) in [5, 5.41) is 8.88. The van der Waals surface area contributed by atoms with Crippen molar-refractivity contribution in [1.29, 1.82) is 0 Å². The molecule has 0 bridgehead atoms. The van der Waals surface area contributed by atoms with Crippen molar-refractivity contribution in [3.63, 3.8) is 0 Å². The predicted molar refractivity (Wildman–Crippen MR) is 81.7 cm³/mol. The maximum Gasteiger partial charge on any atom is 0.313 e. The first kappa shape index (κ1) is 15.9. The molecule has 1 aromatic heterocycles. The molecule has 0 spiro atoms. The van der Waals surface area contributed by atoms with Crippen molar-refractivity contribution < 1.29 is 23.1 Å². The zero-order valence-corrected chi connectivity index (χ0v) is 13.3. The van der Waals surface area contributed by atoms with Gasteiger partial charge < -0.3 is 5.11 Å². The number of aromatic nitrogens is 1. The van der Waals surface area contributed by atoms with Gasteiger partial charge in [0.05, 0.1) is 15.1 Å². The van der Waals surface area contributed by atoms with Crippen LogP contribution in [0.2, 0.25) is 0 Å². The summed E-state index contributed by atoms with van der Waals surface area (Å²) in [5.41, 5.74) is 0.500. The average molecular weight is 345 g/mol. The zero-order chi connectivity index (χ0) is 15.8. The Bertz CT molecular complexity index is 825. The smallest absolute Gasteiger partial charge is 0.313 e. The standard InChI is InChI=1S/C12H11NO5S3/c1-21(17,18)6-2-3-8-9(4-6)20-11(13-8)7(12(15)16)5-10(14)19/h2-4,7H,5H2,1H3,(H,14,19)(H,15,16). The van der Waals surface area contributed by atoms with Crippen LogP contribution >= 0.6 is 24.0 Å². The molecule has 0 radical (unpaired) electrons. The zero-order valence-electron chi connectivity index (χ0n) is 10.8. The van der Waals surface area contributed by atoms with Crippen LogP contribution in [0.15, 0.2) is 23.1 Å².